The standard InChI is InChI=1S/C14H17F2NO/c15-10-3-9(4-11(16)5-10)6-14(8-17)7-12-1-2-13(14)18-12/h3-5,12-13H,1-2,6-8,17H2. The number of nitrogens with two attached hydrogens (primary N) is 1. The van der Waals surface area contributed by atoms with Crippen LogP contribution < -0.4 is 5.73 Å². The Balaban J connectivity index is 1.86. The summed E-state index contributed by atoms with van der Waals surface area (Å²) in [4.78, 5) is 0. The molecular weight excluding hydrogens is 236 g/mol. The Morgan fingerprint density at radius 1 is 1.22 bits per heavy atom. The van der Waals surface area contributed by atoms with Crippen molar-refractivity contribution in [2.24, 2.45) is 11.1 Å². The molecule has 3 unspecified atom stereocenters. The van der Waals surface area contributed by atoms with Gasteiger partial charge in [-0.15, -0.1) is 0 Å². The first-order valence-electron chi connectivity index (χ1n) is 6.42. The highest BCUT2D eigenvalue weighted by molar-refractivity contribution is 5.21. The van der Waals surface area contributed by atoms with Crippen LogP contribution in [0.25, 0.3) is 0 Å². The molecule has 2 nitrogen and oxygen atoms in total. The van der Waals surface area contributed by atoms with E-state index in [1.54, 1.807) is 0 Å². The van der Waals surface area contributed by atoms with Gasteiger partial charge in [-0.05, 0) is 43.4 Å². The van der Waals surface area contributed by atoms with Gasteiger partial charge in [0.05, 0.1) is 12.2 Å². The van der Waals surface area contributed by atoms with Crippen molar-refractivity contribution in [3.05, 3.63) is 35.4 Å². The maximum Gasteiger partial charge on any atom is 0.126 e. The molecule has 2 N–H and O–H groups in total. The van der Waals surface area contributed by atoms with E-state index in [1.165, 1.54) is 12.1 Å². The first-order valence-corrected chi connectivity index (χ1v) is 6.42. The zero-order chi connectivity index (χ0) is 12.8. The number of ether oxygens (including phenoxy) is 1. The SMILES string of the molecule is NCC1(Cc2cc(F)cc(F)c2)CC2CCC1O2. The van der Waals surface area contributed by atoms with E-state index in [2.05, 4.69) is 0 Å². The predicted octanol–water partition coefficient (Wildman–Crippen LogP) is 2.40. The lowest BCUT2D eigenvalue weighted by molar-refractivity contribution is 0.0636. The number of hydrogen-bond acceptors (Lipinski definition) is 2. The first-order chi connectivity index (χ1) is 8.61. The summed E-state index contributed by atoms with van der Waals surface area (Å²) in [6.45, 7) is 0.506. The summed E-state index contributed by atoms with van der Waals surface area (Å²) in [5.74, 6) is -1.05. The van der Waals surface area contributed by atoms with Gasteiger partial charge in [-0.25, -0.2) is 8.78 Å². The monoisotopic (exact) mass is 253 g/mol. The molecule has 2 fully saturated rings. The van der Waals surface area contributed by atoms with Crippen LogP contribution in [0.1, 0.15) is 24.8 Å². The molecule has 0 saturated carbocycles. The molecule has 2 bridgehead atoms. The molecule has 18 heavy (non-hydrogen) atoms. The lowest BCUT2D eigenvalue weighted by atomic mass is 9.70. The molecule has 2 aliphatic heterocycles. The molecule has 0 amide bonds. The van der Waals surface area contributed by atoms with Crippen molar-refractivity contribution < 1.29 is 13.5 Å². The summed E-state index contributed by atoms with van der Waals surface area (Å²) >= 11 is 0. The Morgan fingerprint density at radius 2 is 1.94 bits per heavy atom. The van der Waals surface area contributed by atoms with Crippen LogP contribution in [-0.4, -0.2) is 18.8 Å². The molecule has 1 aromatic rings. The maximum atomic E-state index is 13.2. The number of fused-ring (bicyclic) bond motifs is 2. The number of halogens is 2. The zero-order valence-electron chi connectivity index (χ0n) is 10.2. The number of rotatable bonds is 3. The highest BCUT2D eigenvalue weighted by Crippen LogP contribution is 2.49. The van der Waals surface area contributed by atoms with Gasteiger partial charge >= 0.3 is 0 Å². The van der Waals surface area contributed by atoms with Gasteiger partial charge in [0.15, 0.2) is 0 Å². The van der Waals surface area contributed by atoms with Crippen LogP contribution in [0.2, 0.25) is 0 Å². The summed E-state index contributed by atoms with van der Waals surface area (Å²) in [7, 11) is 0. The Kier molecular flexibility index (Phi) is 2.87. The molecule has 4 heteroatoms. The average Bonchev–Trinajstić information content (AvgIpc) is 2.88. The summed E-state index contributed by atoms with van der Waals surface area (Å²) in [5, 5.41) is 0. The van der Waals surface area contributed by atoms with Crippen LogP contribution in [0.4, 0.5) is 8.78 Å². The maximum absolute atomic E-state index is 13.2. The van der Waals surface area contributed by atoms with Crippen molar-refractivity contribution in [2.45, 2.75) is 37.9 Å². The third-order valence-corrected chi connectivity index (χ3v) is 4.31. The van der Waals surface area contributed by atoms with Gasteiger partial charge in [0.25, 0.3) is 0 Å². The molecule has 1 aromatic carbocycles. The highest BCUT2D eigenvalue weighted by Gasteiger charge is 2.51. The Hall–Kier alpha value is -1.00. The average molecular weight is 253 g/mol. The van der Waals surface area contributed by atoms with E-state index < -0.39 is 11.6 Å². The van der Waals surface area contributed by atoms with Gasteiger partial charge in [-0.1, -0.05) is 0 Å². The second kappa shape index (κ2) is 4.28. The molecule has 2 saturated heterocycles. The van der Waals surface area contributed by atoms with E-state index in [0.717, 1.165) is 25.3 Å². The van der Waals surface area contributed by atoms with Crippen LogP contribution in [0, 0.1) is 17.0 Å². The Bertz CT molecular complexity index is 445. The van der Waals surface area contributed by atoms with Crippen molar-refractivity contribution >= 4 is 0 Å². The van der Waals surface area contributed by atoms with Gasteiger partial charge in [0.1, 0.15) is 11.6 Å². The molecule has 98 valence electrons. The fourth-order valence-corrected chi connectivity index (χ4v) is 3.48. The molecule has 0 aromatic heterocycles. The van der Waals surface area contributed by atoms with E-state index in [4.69, 9.17) is 10.5 Å². The van der Waals surface area contributed by atoms with Crippen LogP contribution in [0.3, 0.4) is 0 Å². The van der Waals surface area contributed by atoms with Crippen LogP contribution in [0.15, 0.2) is 18.2 Å². The normalized spacial score (nSPS) is 34.2. The minimum absolute atomic E-state index is 0.136. The van der Waals surface area contributed by atoms with Crippen LogP contribution >= 0.6 is 0 Å². The molecule has 3 atom stereocenters. The molecule has 0 spiro atoms. The third-order valence-electron chi connectivity index (χ3n) is 4.31. The van der Waals surface area contributed by atoms with E-state index in [1.807, 2.05) is 0 Å². The first kappa shape index (κ1) is 12.1. The van der Waals surface area contributed by atoms with Crippen molar-refractivity contribution in [3.8, 4) is 0 Å². The summed E-state index contributed by atoms with van der Waals surface area (Å²) in [5.41, 5.74) is 6.45. The van der Waals surface area contributed by atoms with Crippen molar-refractivity contribution in [1.29, 1.82) is 0 Å². The summed E-state index contributed by atoms with van der Waals surface area (Å²) < 4.78 is 32.3. The molecule has 0 aliphatic carbocycles. The Labute approximate surface area is 105 Å². The lowest BCUT2D eigenvalue weighted by Crippen LogP contribution is -2.41. The molecule has 0 radical (unpaired) electrons. The van der Waals surface area contributed by atoms with Crippen molar-refractivity contribution in [3.63, 3.8) is 0 Å². The topological polar surface area (TPSA) is 35.2 Å². The van der Waals surface area contributed by atoms with E-state index >= 15 is 0 Å². The van der Waals surface area contributed by atoms with Gasteiger partial charge in [0, 0.05) is 18.0 Å². The summed E-state index contributed by atoms with van der Waals surface area (Å²) in [6, 6.07) is 3.69. The van der Waals surface area contributed by atoms with Crippen molar-refractivity contribution in [1.82, 2.24) is 0 Å². The van der Waals surface area contributed by atoms with E-state index in [0.29, 0.717) is 18.5 Å². The number of benzene rings is 1. The number of hydrogen-bond donors (Lipinski definition) is 1. The largest absolute Gasteiger partial charge is 0.374 e. The minimum atomic E-state index is -0.527. The minimum Gasteiger partial charge on any atom is -0.374 e. The fourth-order valence-electron chi connectivity index (χ4n) is 3.48. The van der Waals surface area contributed by atoms with E-state index in [9.17, 15) is 8.78 Å². The third kappa shape index (κ3) is 1.93. The van der Waals surface area contributed by atoms with Gasteiger partial charge in [0.2, 0.25) is 0 Å². The molecule has 2 heterocycles. The highest BCUT2D eigenvalue weighted by atomic mass is 19.1. The van der Waals surface area contributed by atoms with Gasteiger partial charge in [-0.3, -0.25) is 0 Å². The second-order valence-electron chi connectivity index (χ2n) is 5.55. The van der Waals surface area contributed by atoms with Crippen LogP contribution in [0.5, 0.6) is 0 Å². The zero-order valence-corrected chi connectivity index (χ0v) is 10.2. The second-order valence-corrected chi connectivity index (χ2v) is 5.55. The van der Waals surface area contributed by atoms with Crippen molar-refractivity contribution in [2.75, 3.05) is 6.54 Å². The molecule has 3 rings (SSSR count). The lowest BCUT2D eigenvalue weighted by Gasteiger charge is -2.34. The quantitative estimate of drug-likeness (QED) is 0.897. The van der Waals surface area contributed by atoms with Gasteiger partial charge < -0.3 is 10.5 Å². The smallest absolute Gasteiger partial charge is 0.126 e. The predicted molar refractivity (Wildman–Crippen MR) is 64.1 cm³/mol. The van der Waals surface area contributed by atoms with Crippen LogP contribution in [-0.2, 0) is 11.2 Å². The molecular formula is C14H17F2NO. The fraction of sp³-hybridized carbons (Fsp3) is 0.571. The molecule has 2 aliphatic rings. The van der Waals surface area contributed by atoms with E-state index in [-0.39, 0.29) is 17.6 Å². The summed E-state index contributed by atoms with van der Waals surface area (Å²) in [6.07, 6.45) is 4.05. The van der Waals surface area contributed by atoms with Gasteiger partial charge in [-0.2, -0.15) is 0 Å². The Morgan fingerprint density at radius 3 is 2.44 bits per heavy atom.